The summed E-state index contributed by atoms with van der Waals surface area (Å²) in [5.41, 5.74) is 2.56. The number of para-hydroxylation sites is 2. The molecule has 0 saturated heterocycles. The molecular weight excluding hydrogens is 314 g/mol. The predicted molar refractivity (Wildman–Crippen MR) is 98.9 cm³/mol. The first-order valence-electron chi connectivity index (χ1n) is 8.56. The van der Waals surface area contributed by atoms with Crippen molar-refractivity contribution < 1.29 is 9.53 Å². The third-order valence-corrected chi connectivity index (χ3v) is 3.77. The van der Waals surface area contributed by atoms with Crippen molar-refractivity contribution in [1.82, 2.24) is 15.3 Å². The van der Waals surface area contributed by atoms with Crippen LogP contribution in [-0.2, 0) is 6.42 Å². The summed E-state index contributed by atoms with van der Waals surface area (Å²) in [6, 6.07) is 15.2. The minimum absolute atomic E-state index is 0.105. The highest BCUT2D eigenvalue weighted by molar-refractivity contribution is 5.94. The van der Waals surface area contributed by atoms with Gasteiger partial charge in [-0.25, -0.2) is 4.98 Å². The number of nitrogens with zero attached hydrogens (tertiary/aromatic N) is 1. The molecule has 0 bridgehead atoms. The zero-order chi connectivity index (χ0) is 17.6. The van der Waals surface area contributed by atoms with E-state index in [4.69, 9.17) is 4.74 Å². The Hall–Kier alpha value is -2.82. The van der Waals surface area contributed by atoms with Crippen LogP contribution in [0.25, 0.3) is 11.0 Å². The van der Waals surface area contributed by atoms with Crippen LogP contribution < -0.4 is 10.1 Å². The minimum Gasteiger partial charge on any atom is -0.493 e. The maximum atomic E-state index is 12.3. The van der Waals surface area contributed by atoms with Gasteiger partial charge in [0.2, 0.25) is 0 Å². The number of hydrogen-bond acceptors (Lipinski definition) is 3. The zero-order valence-corrected chi connectivity index (χ0v) is 14.6. The second kappa shape index (κ2) is 7.83. The van der Waals surface area contributed by atoms with Gasteiger partial charge in [-0.05, 0) is 36.2 Å². The molecular formula is C20H23N3O2. The normalized spacial score (nSPS) is 11.0. The smallest absolute Gasteiger partial charge is 0.251 e. The molecule has 0 saturated carbocycles. The number of imidazole rings is 1. The number of amides is 1. The molecule has 2 N–H and O–H groups in total. The van der Waals surface area contributed by atoms with Gasteiger partial charge in [0.05, 0.1) is 17.6 Å². The number of ether oxygens (including phenoxy) is 1. The van der Waals surface area contributed by atoms with Crippen LogP contribution in [0.2, 0.25) is 0 Å². The molecule has 25 heavy (non-hydrogen) atoms. The quantitative estimate of drug-likeness (QED) is 0.692. The number of aromatic nitrogens is 2. The first kappa shape index (κ1) is 17.0. The molecule has 0 aliphatic carbocycles. The molecule has 0 radical (unpaired) electrons. The molecule has 0 spiro atoms. The maximum absolute atomic E-state index is 12.3. The van der Waals surface area contributed by atoms with Gasteiger partial charge in [-0.2, -0.15) is 0 Å². The molecule has 130 valence electrons. The van der Waals surface area contributed by atoms with Crippen molar-refractivity contribution in [1.29, 1.82) is 0 Å². The lowest BCUT2D eigenvalue weighted by Crippen LogP contribution is -2.26. The Morgan fingerprint density at radius 1 is 1.20 bits per heavy atom. The highest BCUT2D eigenvalue weighted by atomic mass is 16.5. The molecule has 3 rings (SSSR count). The van der Waals surface area contributed by atoms with Gasteiger partial charge in [0.15, 0.2) is 0 Å². The number of carbonyl (C=O) groups excluding carboxylic acids is 1. The van der Waals surface area contributed by atoms with Crippen molar-refractivity contribution >= 4 is 16.9 Å². The molecule has 0 aliphatic heterocycles. The largest absolute Gasteiger partial charge is 0.493 e. The van der Waals surface area contributed by atoms with Crippen LogP contribution in [0.3, 0.4) is 0 Å². The second-order valence-electron chi connectivity index (χ2n) is 6.44. The molecule has 1 heterocycles. The number of nitrogens with one attached hydrogen (secondary N) is 2. The molecule has 1 aromatic heterocycles. The molecule has 2 aromatic carbocycles. The lowest BCUT2D eigenvalue weighted by molar-refractivity contribution is 0.0953. The van der Waals surface area contributed by atoms with Crippen molar-refractivity contribution in [2.75, 3.05) is 13.2 Å². The van der Waals surface area contributed by atoms with E-state index in [1.54, 1.807) is 12.1 Å². The van der Waals surface area contributed by atoms with Crippen molar-refractivity contribution in [3.63, 3.8) is 0 Å². The van der Waals surface area contributed by atoms with E-state index in [2.05, 4.69) is 29.1 Å². The van der Waals surface area contributed by atoms with Gasteiger partial charge in [0.1, 0.15) is 11.6 Å². The molecule has 5 nitrogen and oxygen atoms in total. The van der Waals surface area contributed by atoms with Crippen LogP contribution >= 0.6 is 0 Å². The Morgan fingerprint density at radius 2 is 2.04 bits per heavy atom. The predicted octanol–water partition coefficient (Wildman–Crippen LogP) is 3.57. The summed E-state index contributed by atoms with van der Waals surface area (Å²) in [5, 5.41) is 2.93. The topological polar surface area (TPSA) is 67.0 Å². The van der Waals surface area contributed by atoms with Gasteiger partial charge in [0, 0.05) is 18.5 Å². The Balaban J connectivity index is 1.54. The number of hydrogen-bond donors (Lipinski definition) is 2. The third kappa shape index (κ3) is 4.59. The number of fused-ring (bicyclic) bond motifs is 1. The number of benzene rings is 2. The van der Waals surface area contributed by atoms with E-state index in [0.29, 0.717) is 31.1 Å². The molecule has 0 aliphatic rings. The molecule has 1 amide bonds. The standard InChI is InChI=1S/C20H23N3O2/c1-14(2)13-25-16-7-5-6-15(12-16)20(24)21-11-10-19-22-17-8-3-4-9-18(17)23-19/h3-9,12,14H,10-11,13H2,1-2H3,(H,21,24)(H,22,23). The van der Waals surface area contributed by atoms with Crippen molar-refractivity contribution in [2.24, 2.45) is 5.92 Å². The van der Waals surface area contributed by atoms with E-state index in [-0.39, 0.29) is 5.91 Å². The van der Waals surface area contributed by atoms with Gasteiger partial charge in [-0.3, -0.25) is 4.79 Å². The SMILES string of the molecule is CC(C)COc1cccc(C(=O)NCCc2nc3ccccc3[nH]2)c1. The van der Waals surface area contributed by atoms with Gasteiger partial charge in [0.25, 0.3) is 5.91 Å². The van der Waals surface area contributed by atoms with Crippen LogP contribution in [0.1, 0.15) is 30.0 Å². The molecule has 0 unspecified atom stereocenters. The van der Waals surface area contributed by atoms with E-state index in [1.807, 2.05) is 36.4 Å². The summed E-state index contributed by atoms with van der Waals surface area (Å²) in [4.78, 5) is 20.1. The van der Waals surface area contributed by atoms with Crippen molar-refractivity contribution in [3.05, 3.63) is 59.9 Å². The van der Waals surface area contributed by atoms with Crippen LogP contribution in [0.4, 0.5) is 0 Å². The van der Waals surface area contributed by atoms with Gasteiger partial charge in [-0.15, -0.1) is 0 Å². The van der Waals surface area contributed by atoms with E-state index in [0.717, 1.165) is 22.6 Å². The van der Waals surface area contributed by atoms with Crippen LogP contribution in [-0.4, -0.2) is 29.0 Å². The third-order valence-electron chi connectivity index (χ3n) is 3.77. The van der Waals surface area contributed by atoms with Crippen LogP contribution in [0.15, 0.2) is 48.5 Å². The Morgan fingerprint density at radius 3 is 2.84 bits per heavy atom. The summed E-state index contributed by atoms with van der Waals surface area (Å²) >= 11 is 0. The highest BCUT2D eigenvalue weighted by Gasteiger charge is 2.08. The number of rotatable bonds is 7. The Kier molecular flexibility index (Phi) is 5.33. The van der Waals surface area contributed by atoms with Crippen molar-refractivity contribution in [2.45, 2.75) is 20.3 Å². The van der Waals surface area contributed by atoms with E-state index in [9.17, 15) is 4.79 Å². The zero-order valence-electron chi connectivity index (χ0n) is 14.6. The van der Waals surface area contributed by atoms with Gasteiger partial charge in [-0.1, -0.05) is 32.0 Å². The van der Waals surface area contributed by atoms with E-state index in [1.165, 1.54) is 0 Å². The lowest BCUT2D eigenvalue weighted by Gasteiger charge is -2.10. The number of carbonyl (C=O) groups is 1. The van der Waals surface area contributed by atoms with E-state index >= 15 is 0 Å². The fourth-order valence-electron chi connectivity index (χ4n) is 2.51. The minimum atomic E-state index is -0.105. The molecule has 5 heteroatoms. The average Bonchev–Trinajstić information content (AvgIpc) is 3.03. The summed E-state index contributed by atoms with van der Waals surface area (Å²) in [6.07, 6.45) is 0.657. The monoisotopic (exact) mass is 337 g/mol. The molecule has 0 atom stereocenters. The Labute approximate surface area is 147 Å². The fraction of sp³-hybridized carbons (Fsp3) is 0.300. The molecule has 0 fully saturated rings. The first-order valence-corrected chi connectivity index (χ1v) is 8.56. The summed E-state index contributed by atoms with van der Waals surface area (Å²) in [7, 11) is 0. The lowest BCUT2D eigenvalue weighted by atomic mass is 10.2. The summed E-state index contributed by atoms with van der Waals surface area (Å²) < 4.78 is 5.67. The average molecular weight is 337 g/mol. The van der Waals surface area contributed by atoms with E-state index < -0.39 is 0 Å². The Bertz CT molecular complexity index is 822. The summed E-state index contributed by atoms with van der Waals surface area (Å²) in [6.45, 7) is 5.34. The second-order valence-corrected chi connectivity index (χ2v) is 6.44. The van der Waals surface area contributed by atoms with Crippen LogP contribution in [0, 0.1) is 5.92 Å². The van der Waals surface area contributed by atoms with Gasteiger partial charge < -0.3 is 15.0 Å². The van der Waals surface area contributed by atoms with Gasteiger partial charge >= 0.3 is 0 Å². The summed E-state index contributed by atoms with van der Waals surface area (Å²) in [5.74, 6) is 1.93. The van der Waals surface area contributed by atoms with Crippen LogP contribution in [0.5, 0.6) is 5.75 Å². The highest BCUT2D eigenvalue weighted by Crippen LogP contribution is 2.14. The first-order chi connectivity index (χ1) is 12.1. The fourth-order valence-corrected chi connectivity index (χ4v) is 2.51. The number of aromatic amines is 1. The van der Waals surface area contributed by atoms with Crippen molar-refractivity contribution in [3.8, 4) is 5.75 Å². The number of H-pyrrole nitrogens is 1. The maximum Gasteiger partial charge on any atom is 0.251 e. The molecule has 3 aromatic rings.